The van der Waals surface area contributed by atoms with E-state index in [4.69, 9.17) is 5.73 Å². The summed E-state index contributed by atoms with van der Waals surface area (Å²) < 4.78 is 1.74. The maximum atomic E-state index is 12.5. The normalized spacial score (nSPS) is 17.4. The number of fused-ring (bicyclic) bond motifs is 1. The molecule has 1 aromatic carbocycles. The van der Waals surface area contributed by atoms with Gasteiger partial charge in [0.2, 0.25) is 0 Å². The van der Waals surface area contributed by atoms with Gasteiger partial charge in [0.15, 0.2) is 0 Å². The molecule has 2 heterocycles. The zero-order valence-electron chi connectivity index (χ0n) is 12.6. The Labute approximate surface area is 125 Å². The number of pyridine rings is 1. The highest BCUT2D eigenvalue weighted by molar-refractivity contribution is 5.83. The van der Waals surface area contributed by atoms with Crippen molar-refractivity contribution in [2.45, 2.75) is 25.8 Å². The third-order valence-corrected chi connectivity index (χ3v) is 4.65. The van der Waals surface area contributed by atoms with E-state index < -0.39 is 0 Å². The van der Waals surface area contributed by atoms with Gasteiger partial charge in [-0.05, 0) is 62.8 Å². The smallest absolute Gasteiger partial charge is 0.259 e. The van der Waals surface area contributed by atoms with Crippen molar-refractivity contribution in [2.24, 2.45) is 5.92 Å². The highest BCUT2D eigenvalue weighted by Crippen LogP contribution is 2.21. The van der Waals surface area contributed by atoms with Crippen LogP contribution in [-0.2, 0) is 6.54 Å². The van der Waals surface area contributed by atoms with Crippen LogP contribution in [0.3, 0.4) is 0 Å². The molecular formula is C17H23N3O. The summed E-state index contributed by atoms with van der Waals surface area (Å²) in [5.41, 5.74) is 6.12. The minimum absolute atomic E-state index is 0.0403. The maximum Gasteiger partial charge on any atom is 0.259 e. The van der Waals surface area contributed by atoms with Crippen molar-refractivity contribution >= 4 is 16.6 Å². The van der Waals surface area contributed by atoms with Gasteiger partial charge in [0.25, 0.3) is 5.56 Å². The molecule has 0 amide bonds. The van der Waals surface area contributed by atoms with Gasteiger partial charge in [0.1, 0.15) is 5.82 Å². The maximum absolute atomic E-state index is 12.5. The zero-order chi connectivity index (χ0) is 14.8. The molecule has 2 aromatic rings. The van der Waals surface area contributed by atoms with E-state index in [9.17, 15) is 4.79 Å². The highest BCUT2D eigenvalue weighted by atomic mass is 16.1. The quantitative estimate of drug-likeness (QED) is 0.941. The van der Waals surface area contributed by atoms with Gasteiger partial charge in [-0.25, -0.2) is 0 Å². The molecule has 1 fully saturated rings. The average Bonchev–Trinajstić information content (AvgIpc) is 2.49. The van der Waals surface area contributed by atoms with Crippen molar-refractivity contribution in [3.8, 4) is 0 Å². The third kappa shape index (κ3) is 2.95. The second kappa shape index (κ2) is 5.90. The number of hydrogen-bond donors (Lipinski definition) is 1. The second-order valence-corrected chi connectivity index (χ2v) is 6.15. The summed E-state index contributed by atoms with van der Waals surface area (Å²) in [6, 6.07) is 9.56. The van der Waals surface area contributed by atoms with Crippen LogP contribution in [-0.4, -0.2) is 29.6 Å². The predicted octanol–water partition coefficient (Wildman–Crippen LogP) is 2.32. The Morgan fingerprint density at radius 2 is 1.95 bits per heavy atom. The fourth-order valence-corrected chi connectivity index (χ4v) is 3.21. The summed E-state index contributed by atoms with van der Waals surface area (Å²) in [6.45, 7) is 3.05. The van der Waals surface area contributed by atoms with E-state index in [2.05, 4.69) is 11.9 Å². The van der Waals surface area contributed by atoms with E-state index in [0.29, 0.717) is 11.7 Å². The lowest BCUT2D eigenvalue weighted by atomic mass is 9.94. The minimum Gasteiger partial charge on any atom is -0.385 e. The Balaban J connectivity index is 1.79. The van der Waals surface area contributed by atoms with Gasteiger partial charge in [0, 0.05) is 11.9 Å². The number of nitrogens with two attached hydrogens (primary N) is 1. The fraction of sp³-hybridized carbons (Fsp3) is 0.471. The lowest BCUT2D eigenvalue weighted by molar-refractivity contribution is 0.208. The molecule has 0 spiro atoms. The first-order chi connectivity index (χ1) is 10.1. The summed E-state index contributed by atoms with van der Waals surface area (Å²) in [5.74, 6) is 1.28. The standard InChI is InChI=1S/C17H23N3O/c1-19-9-6-13(7-10-19)8-11-20-16(18)12-14-4-2-3-5-15(14)17(20)21/h2-5,12-13H,6-11,18H2,1H3. The van der Waals surface area contributed by atoms with Crippen LogP contribution >= 0.6 is 0 Å². The van der Waals surface area contributed by atoms with Crippen LogP contribution in [0.5, 0.6) is 0 Å². The molecule has 0 radical (unpaired) electrons. The Hall–Kier alpha value is -1.81. The number of likely N-dealkylation sites (tertiary alicyclic amines) is 1. The lowest BCUT2D eigenvalue weighted by Gasteiger charge is -2.29. The Morgan fingerprint density at radius 1 is 1.24 bits per heavy atom. The van der Waals surface area contributed by atoms with E-state index in [0.717, 1.165) is 36.8 Å². The van der Waals surface area contributed by atoms with Gasteiger partial charge in [0.05, 0.1) is 0 Å². The molecule has 4 heteroatoms. The van der Waals surface area contributed by atoms with Crippen molar-refractivity contribution in [3.63, 3.8) is 0 Å². The largest absolute Gasteiger partial charge is 0.385 e. The molecule has 3 rings (SSSR count). The molecular weight excluding hydrogens is 262 g/mol. The zero-order valence-corrected chi connectivity index (χ0v) is 12.6. The molecule has 0 saturated carbocycles. The van der Waals surface area contributed by atoms with Gasteiger partial charge in [-0.3, -0.25) is 9.36 Å². The summed E-state index contributed by atoms with van der Waals surface area (Å²) in [6.07, 6.45) is 3.48. The van der Waals surface area contributed by atoms with Crippen molar-refractivity contribution < 1.29 is 0 Å². The molecule has 1 aliphatic heterocycles. The van der Waals surface area contributed by atoms with Gasteiger partial charge in [-0.2, -0.15) is 0 Å². The van der Waals surface area contributed by atoms with Crippen LogP contribution in [0.4, 0.5) is 5.82 Å². The number of piperidine rings is 1. The topological polar surface area (TPSA) is 51.3 Å². The predicted molar refractivity (Wildman–Crippen MR) is 87.5 cm³/mol. The summed E-state index contributed by atoms with van der Waals surface area (Å²) >= 11 is 0. The first-order valence-corrected chi connectivity index (χ1v) is 7.72. The molecule has 2 N–H and O–H groups in total. The van der Waals surface area contributed by atoms with Gasteiger partial charge < -0.3 is 10.6 Å². The molecule has 0 unspecified atom stereocenters. The molecule has 0 atom stereocenters. The minimum atomic E-state index is 0.0403. The highest BCUT2D eigenvalue weighted by Gasteiger charge is 2.17. The molecule has 112 valence electrons. The van der Waals surface area contributed by atoms with Crippen LogP contribution in [0.1, 0.15) is 19.3 Å². The lowest BCUT2D eigenvalue weighted by Crippen LogP contribution is -2.31. The molecule has 1 saturated heterocycles. The summed E-state index contributed by atoms with van der Waals surface area (Å²) in [5, 5.41) is 1.69. The molecule has 21 heavy (non-hydrogen) atoms. The Bertz CT molecular complexity index is 684. The van der Waals surface area contributed by atoms with Crippen molar-refractivity contribution in [3.05, 3.63) is 40.7 Å². The monoisotopic (exact) mass is 285 g/mol. The first-order valence-electron chi connectivity index (χ1n) is 7.72. The van der Waals surface area contributed by atoms with Crippen LogP contribution in [0.25, 0.3) is 10.8 Å². The van der Waals surface area contributed by atoms with E-state index in [1.807, 2.05) is 30.3 Å². The summed E-state index contributed by atoms with van der Waals surface area (Å²) in [7, 11) is 2.17. The van der Waals surface area contributed by atoms with Crippen LogP contribution in [0.15, 0.2) is 35.1 Å². The second-order valence-electron chi connectivity index (χ2n) is 6.15. The number of hydrogen-bond acceptors (Lipinski definition) is 3. The molecule has 0 aliphatic carbocycles. The van der Waals surface area contributed by atoms with E-state index >= 15 is 0 Å². The van der Waals surface area contributed by atoms with E-state index in [-0.39, 0.29) is 5.56 Å². The Kier molecular flexibility index (Phi) is 3.97. The van der Waals surface area contributed by atoms with Crippen LogP contribution < -0.4 is 11.3 Å². The number of nitrogen functional groups attached to an aromatic ring is 1. The molecule has 1 aliphatic rings. The molecule has 4 nitrogen and oxygen atoms in total. The molecule has 0 bridgehead atoms. The fourth-order valence-electron chi connectivity index (χ4n) is 3.21. The number of benzene rings is 1. The first kappa shape index (κ1) is 14.1. The molecule has 1 aromatic heterocycles. The Morgan fingerprint density at radius 3 is 2.71 bits per heavy atom. The number of nitrogens with zero attached hydrogens (tertiary/aromatic N) is 2. The van der Waals surface area contributed by atoms with Crippen LogP contribution in [0, 0.1) is 5.92 Å². The van der Waals surface area contributed by atoms with Gasteiger partial charge >= 0.3 is 0 Å². The van der Waals surface area contributed by atoms with Crippen LogP contribution in [0.2, 0.25) is 0 Å². The number of rotatable bonds is 3. The van der Waals surface area contributed by atoms with Crippen molar-refractivity contribution in [1.82, 2.24) is 9.47 Å². The average molecular weight is 285 g/mol. The van der Waals surface area contributed by atoms with E-state index in [1.54, 1.807) is 4.57 Å². The number of aromatic nitrogens is 1. The van der Waals surface area contributed by atoms with E-state index in [1.165, 1.54) is 12.8 Å². The van der Waals surface area contributed by atoms with Gasteiger partial charge in [-0.1, -0.05) is 18.2 Å². The SMILES string of the molecule is CN1CCC(CCn2c(N)cc3ccccc3c2=O)CC1. The third-order valence-electron chi connectivity index (χ3n) is 4.65. The number of anilines is 1. The van der Waals surface area contributed by atoms with Gasteiger partial charge in [-0.15, -0.1) is 0 Å². The van der Waals surface area contributed by atoms with Crippen molar-refractivity contribution in [1.29, 1.82) is 0 Å². The van der Waals surface area contributed by atoms with Crippen molar-refractivity contribution in [2.75, 3.05) is 25.9 Å². The summed E-state index contributed by atoms with van der Waals surface area (Å²) in [4.78, 5) is 14.9.